The molecule has 0 spiro atoms. The van der Waals surface area contributed by atoms with E-state index in [9.17, 15) is 9.59 Å². The van der Waals surface area contributed by atoms with Gasteiger partial charge in [0.05, 0.1) is 26.2 Å². The largest absolute Gasteiger partial charge is 0.496 e. The van der Waals surface area contributed by atoms with Crippen LogP contribution >= 0.6 is 0 Å². The first-order valence-corrected chi connectivity index (χ1v) is 4.82. The van der Waals surface area contributed by atoms with Crippen molar-refractivity contribution in [2.75, 3.05) is 14.2 Å². The van der Waals surface area contributed by atoms with Crippen molar-refractivity contribution in [1.82, 2.24) is 0 Å². The van der Waals surface area contributed by atoms with Crippen LogP contribution in [0.1, 0.15) is 21.5 Å². The number of ether oxygens (including phenoxy) is 2. The molecule has 4 nitrogen and oxygen atoms in total. The second kappa shape index (κ2) is 5.30. The van der Waals surface area contributed by atoms with Gasteiger partial charge >= 0.3 is 5.97 Å². The van der Waals surface area contributed by atoms with E-state index in [4.69, 9.17) is 4.74 Å². The molecule has 86 valence electrons. The van der Waals surface area contributed by atoms with Crippen molar-refractivity contribution >= 4 is 12.3 Å². The number of hydrogen-bond acceptors (Lipinski definition) is 4. The molecule has 0 N–H and O–H groups in total. The van der Waals surface area contributed by atoms with Gasteiger partial charge < -0.3 is 9.47 Å². The van der Waals surface area contributed by atoms with E-state index in [1.54, 1.807) is 12.1 Å². The minimum Gasteiger partial charge on any atom is -0.496 e. The van der Waals surface area contributed by atoms with E-state index in [1.165, 1.54) is 14.2 Å². The fourth-order valence-corrected chi connectivity index (χ4v) is 1.43. The Morgan fingerprint density at radius 2 is 2.06 bits per heavy atom. The Hall–Kier alpha value is -1.84. The lowest BCUT2D eigenvalue weighted by atomic mass is 10.0. The molecule has 0 atom stereocenters. The lowest BCUT2D eigenvalue weighted by Gasteiger charge is -2.09. The molecule has 0 unspecified atom stereocenters. The molecule has 1 aromatic rings. The zero-order valence-electron chi connectivity index (χ0n) is 9.57. The maximum atomic E-state index is 11.1. The summed E-state index contributed by atoms with van der Waals surface area (Å²) in [5.74, 6) is 0.186. The number of carbonyl (C=O) groups excluding carboxylic acids is 2. The minimum atomic E-state index is -0.329. The number of benzene rings is 1. The summed E-state index contributed by atoms with van der Waals surface area (Å²) in [6.07, 6.45) is 0.867. The molecule has 0 aliphatic heterocycles. The highest BCUT2D eigenvalue weighted by Crippen LogP contribution is 2.22. The van der Waals surface area contributed by atoms with Gasteiger partial charge in [-0.05, 0) is 30.2 Å². The first-order chi connectivity index (χ1) is 7.62. The normalized spacial score (nSPS) is 9.69. The molecule has 0 aliphatic rings. The molecular formula is C12H14O4. The highest BCUT2D eigenvalue weighted by Gasteiger charge is 2.10. The third-order valence-electron chi connectivity index (χ3n) is 2.38. The number of esters is 1. The van der Waals surface area contributed by atoms with Crippen LogP contribution in [0.4, 0.5) is 0 Å². The standard InChI is InChI=1S/C12H14O4/c1-8-4-11(15-2)10(7-13)5-9(8)6-12(14)16-3/h4-5,7H,6H2,1-3H3. The summed E-state index contributed by atoms with van der Waals surface area (Å²) in [5, 5.41) is 0. The van der Waals surface area contributed by atoms with Gasteiger partial charge in [0.25, 0.3) is 0 Å². The van der Waals surface area contributed by atoms with E-state index in [1.807, 2.05) is 6.92 Å². The van der Waals surface area contributed by atoms with Crippen molar-refractivity contribution in [2.24, 2.45) is 0 Å². The van der Waals surface area contributed by atoms with Gasteiger partial charge in [-0.1, -0.05) is 0 Å². The monoisotopic (exact) mass is 222 g/mol. The third-order valence-corrected chi connectivity index (χ3v) is 2.38. The van der Waals surface area contributed by atoms with Gasteiger partial charge in [-0.3, -0.25) is 9.59 Å². The molecule has 4 heteroatoms. The summed E-state index contributed by atoms with van der Waals surface area (Å²) in [6, 6.07) is 3.39. The van der Waals surface area contributed by atoms with Crippen LogP contribution in [0, 0.1) is 6.92 Å². The molecule has 16 heavy (non-hydrogen) atoms. The van der Waals surface area contributed by atoms with Crippen molar-refractivity contribution < 1.29 is 19.1 Å². The van der Waals surface area contributed by atoms with Crippen LogP contribution in [0.25, 0.3) is 0 Å². The smallest absolute Gasteiger partial charge is 0.309 e. The maximum Gasteiger partial charge on any atom is 0.309 e. The third kappa shape index (κ3) is 2.59. The molecule has 0 radical (unpaired) electrons. The summed E-state index contributed by atoms with van der Waals surface area (Å²) in [4.78, 5) is 22.0. The molecular weight excluding hydrogens is 208 g/mol. The average molecular weight is 222 g/mol. The lowest BCUT2D eigenvalue weighted by Crippen LogP contribution is -2.07. The van der Waals surface area contributed by atoms with Gasteiger partial charge in [0.1, 0.15) is 5.75 Å². The Kier molecular flexibility index (Phi) is 4.05. The van der Waals surface area contributed by atoms with Crippen LogP contribution in [0.5, 0.6) is 5.75 Å². The molecule has 0 saturated heterocycles. The first kappa shape index (κ1) is 12.2. The van der Waals surface area contributed by atoms with E-state index in [0.29, 0.717) is 17.6 Å². The predicted octanol–water partition coefficient (Wildman–Crippen LogP) is 1.53. The number of aldehydes is 1. The topological polar surface area (TPSA) is 52.6 Å². The second-order valence-corrected chi connectivity index (χ2v) is 3.39. The highest BCUT2D eigenvalue weighted by atomic mass is 16.5. The van der Waals surface area contributed by atoms with E-state index in [-0.39, 0.29) is 12.4 Å². The Balaban J connectivity index is 3.11. The Morgan fingerprint density at radius 1 is 1.38 bits per heavy atom. The fraction of sp³-hybridized carbons (Fsp3) is 0.333. The molecule has 0 aliphatic carbocycles. The van der Waals surface area contributed by atoms with Gasteiger partial charge in [0.2, 0.25) is 0 Å². The molecule has 0 aromatic heterocycles. The van der Waals surface area contributed by atoms with Gasteiger partial charge in [-0.2, -0.15) is 0 Å². The van der Waals surface area contributed by atoms with Gasteiger partial charge in [0, 0.05) is 0 Å². The quantitative estimate of drug-likeness (QED) is 0.572. The summed E-state index contributed by atoms with van der Waals surface area (Å²) < 4.78 is 9.64. The Bertz CT molecular complexity index is 410. The summed E-state index contributed by atoms with van der Waals surface area (Å²) in [6.45, 7) is 1.86. The number of hydrogen-bond donors (Lipinski definition) is 0. The maximum absolute atomic E-state index is 11.1. The van der Waals surface area contributed by atoms with Crippen molar-refractivity contribution in [2.45, 2.75) is 13.3 Å². The van der Waals surface area contributed by atoms with Crippen LogP contribution < -0.4 is 4.74 Å². The zero-order valence-corrected chi connectivity index (χ0v) is 9.57. The van der Waals surface area contributed by atoms with Crippen molar-refractivity contribution in [3.63, 3.8) is 0 Å². The van der Waals surface area contributed by atoms with Crippen LogP contribution in [0.15, 0.2) is 12.1 Å². The SMILES string of the molecule is COC(=O)Cc1cc(C=O)c(OC)cc1C. The first-order valence-electron chi connectivity index (χ1n) is 4.82. The average Bonchev–Trinajstić information content (AvgIpc) is 2.30. The second-order valence-electron chi connectivity index (χ2n) is 3.39. The van der Waals surface area contributed by atoms with Crippen molar-refractivity contribution in [1.29, 1.82) is 0 Å². The van der Waals surface area contributed by atoms with Crippen LogP contribution in [0.2, 0.25) is 0 Å². The minimum absolute atomic E-state index is 0.160. The van der Waals surface area contributed by atoms with E-state index in [2.05, 4.69) is 4.74 Å². The molecule has 0 bridgehead atoms. The molecule has 0 fully saturated rings. The van der Waals surface area contributed by atoms with Crippen LogP contribution in [-0.2, 0) is 16.0 Å². The number of aryl methyl sites for hydroxylation is 1. The summed E-state index contributed by atoms with van der Waals surface area (Å²) in [7, 11) is 2.84. The highest BCUT2D eigenvalue weighted by molar-refractivity contribution is 5.81. The van der Waals surface area contributed by atoms with Gasteiger partial charge in [-0.15, -0.1) is 0 Å². The molecule has 1 rings (SSSR count). The van der Waals surface area contributed by atoms with Gasteiger partial charge in [-0.25, -0.2) is 0 Å². The van der Waals surface area contributed by atoms with Crippen molar-refractivity contribution in [3.8, 4) is 5.75 Å². The molecule has 1 aromatic carbocycles. The Morgan fingerprint density at radius 3 is 2.56 bits per heavy atom. The lowest BCUT2D eigenvalue weighted by molar-refractivity contribution is -0.139. The molecule has 0 amide bonds. The summed E-state index contributed by atoms with van der Waals surface area (Å²) >= 11 is 0. The van der Waals surface area contributed by atoms with E-state index < -0.39 is 0 Å². The number of methoxy groups -OCH3 is 2. The van der Waals surface area contributed by atoms with E-state index >= 15 is 0 Å². The van der Waals surface area contributed by atoms with Gasteiger partial charge in [0.15, 0.2) is 6.29 Å². The number of rotatable bonds is 4. The predicted molar refractivity (Wildman–Crippen MR) is 58.8 cm³/mol. The zero-order chi connectivity index (χ0) is 12.1. The fourth-order valence-electron chi connectivity index (χ4n) is 1.43. The van der Waals surface area contributed by atoms with E-state index in [0.717, 1.165) is 11.1 Å². The Labute approximate surface area is 94.2 Å². The van der Waals surface area contributed by atoms with Crippen LogP contribution in [0.3, 0.4) is 0 Å². The van der Waals surface area contributed by atoms with Crippen LogP contribution in [-0.4, -0.2) is 26.5 Å². The number of carbonyl (C=O) groups is 2. The van der Waals surface area contributed by atoms with Crippen molar-refractivity contribution in [3.05, 3.63) is 28.8 Å². The molecule has 0 heterocycles. The molecule has 0 saturated carbocycles. The summed E-state index contributed by atoms with van der Waals surface area (Å²) in [5.41, 5.74) is 2.11.